The van der Waals surface area contributed by atoms with Crippen LogP contribution >= 0.6 is 0 Å². The summed E-state index contributed by atoms with van der Waals surface area (Å²) in [7, 11) is -3.80. The number of nitrogens with one attached hydrogen (secondary N) is 2. The van der Waals surface area contributed by atoms with Crippen LogP contribution in [0.5, 0.6) is 0 Å². The molecule has 0 aliphatic heterocycles. The number of hydrogen-bond donors (Lipinski definition) is 2. The van der Waals surface area contributed by atoms with Crippen molar-refractivity contribution in [2.24, 2.45) is 0 Å². The van der Waals surface area contributed by atoms with Crippen molar-refractivity contribution in [3.05, 3.63) is 77.2 Å². The van der Waals surface area contributed by atoms with Gasteiger partial charge in [0.1, 0.15) is 10.6 Å². The number of benzene rings is 2. The van der Waals surface area contributed by atoms with Crippen LogP contribution in [0.1, 0.15) is 40.3 Å². The van der Waals surface area contributed by atoms with Crippen LogP contribution in [-0.2, 0) is 10.0 Å². The Kier molecular flexibility index (Phi) is 5.62. The standard InChI is InChI=1S/C20H21N3O4S/c1-13(23-28(25,26)19-14(2)22-27-15(19)3)17-10-7-11-18(12-17)21-20(24)16-8-5-4-6-9-16/h4-13,23H,1-3H3,(H,21,24). The van der Waals surface area contributed by atoms with Gasteiger partial charge in [-0.25, -0.2) is 13.1 Å². The van der Waals surface area contributed by atoms with E-state index in [1.54, 1.807) is 69.3 Å². The molecule has 0 saturated heterocycles. The monoisotopic (exact) mass is 399 g/mol. The highest BCUT2D eigenvalue weighted by atomic mass is 32.2. The maximum Gasteiger partial charge on any atom is 0.255 e. The Hall–Kier alpha value is -2.97. The molecule has 28 heavy (non-hydrogen) atoms. The normalized spacial score (nSPS) is 12.5. The minimum Gasteiger partial charge on any atom is -0.360 e. The number of sulfonamides is 1. The van der Waals surface area contributed by atoms with Gasteiger partial charge >= 0.3 is 0 Å². The summed E-state index contributed by atoms with van der Waals surface area (Å²) in [4.78, 5) is 12.4. The number of amides is 1. The van der Waals surface area contributed by atoms with Crippen molar-refractivity contribution in [3.63, 3.8) is 0 Å². The lowest BCUT2D eigenvalue weighted by Crippen LogP contribution is -2.27. The number of carbonyl (C=O) groups excluding carboxylic acids is 1. The molecule has 0 fully saturated rings. The summed E-state index contributed by atoms with van der Waals surface area (Å²) in [6, 6.07) is 15.4. The first-order chi connectivity index (χ1) is 13.3. The number of aryl methyl sites for hydroxylation is 2. The molecule has 0 aliphatic carbocycles. The Bertz CT molecular complexity index is 1070. The van der Waals surface area contributed by atoms with Crippen LogP contribution in [0.15, 0.2) is 64.0 Å². The average molecular weight is 399 g/mol. The number of hydrogen-bond acceptors (Lipinski definition) is 5. The number of aromatic nitrogens is 1. The molecule has 1 aromatic heterocycles. The zero-order valence-electron chi connectivity index (χ0n) is 15.8. The highest BCUT2D eigenvalue weighted by Gasteiger charge is 2.26. The first-order valence-electron chi connectivity index (χ1n) is 8.69. The van der Waals surface area contributed by atoms with Gasteiger partial charge in [-0.05, 0) is 50.6 Å². The topological polar surface area (TPSA) is 101 Å². The van der Waals surface area contributed by atoms with Crippen molar-refractivity contribution >= 4 is 21.6 Å². The number of rotatable bonds is 6. The summed E-state index contributed by atoms with van der Waals surface area (Å²) in [5.41, 5.74) is 2.14. The highest BCUT2D eigenvalue weighted by molar-refractivity contribution is 7.89. The van der Waals surface area contributed by atoms with Gasteiger partial charge in [-0.3, -0.25) is 4.79 Å². The second kappa shape index (κ2) is 7.95. The lowest BCUT2D eigenvalue weighted by atomic mass is 10.1. The molecule has 2 aromatic carbocycles. The van der Waals surface area contributed by atoms with E-state index in [0.29, 0.717) is 22.5 Å². The van der Waals surface area contributed by atoms with Crippen LogP contribution in [0, 0.1) is 13.8 Å². The molecule has 1 atom stereocenters. The van der Waals surface area contributed by atoms with Crippen LogP contribution in [0.2, 0.25) is 0 Å². The fourth-order valence-corrected chi connectivity index (χ4v) is 4.46. The van der Waals surface area contributed by atoms with E-state index in [1.807, 2.05) is 6.07 Å². The van der Waals surface area contributed by atoms with E-state index in [9.17, 15) is 13.2 Å². The zero-order valence-corrected chi connectivity index (χ0v) is 16.6. The van der Waals surface area contributed by atoms with Gasteiger partial charge < -0.3 is 9.84 Å². The summed E-state index contributed by atoms with van der Waals surface area (Å²) in [6.45, 7) is 4.86. The SMILES string of the molecule is Cc1noc(C)c1S(=O)(=O)NC(C)c1cccc(NC(=O)c2ccccc2)c1. The lowest BCUT2D eigenvalue weighted by Gasteiger charge is -2.16. The van der Waals surface area contributed by atoms with Gasteiger partial charge in [-0.15, -0.1) is 0 Å². The van der Waals surface area contributed by atoms with Crippen molar-refractivity contribution in [3.8, 4) is 0 Å². The van der Waals surface area contributed by atoms with Crippen molar-refractivity contribution < 1.29 is 17.7 Å². The number of nitrogens with zero attached hydrogens (tertiary/aromatic N) is 1. The second-order valence-electron chi connectivity index (χ2n) is 6.44. The molecular weight excluding hydrogens is 378 g/mol. The Morgan fingerprint density at radius 1 is 1.07 bits per heavy atom. The maximum absolute atomic E-state index is 12.7. The van der Waals surface area contributed by atoms with Gasteiger partial charge in [-0.2, -0.15) is 0 Å². The smallest absolute Gasteiger partial charge is 0.255 e. The molecule has 0 aliphatic rings. The van der Waals surface area contributed by atoms with E-state index in [-0.39, 0.29) is 16.6 Å². The van der Waals surface area contributed by atoms with Crippen LogP contribution < -0.4 is 10.0 Å². The van der Waals surface area contributed by atoms with E-state index >= 15 is 0 Å². The molecule has 1 heterocycles. The molecule has 0 radical (unpaired) electrons. The van der Waals surface area contributed by atoms with Gasteiger partial charge in [0.25, 0.3) is 5.91 Å². The molecule has 0 spiro atoms. The van der Waals surface area contributed by atoms with Crippen LogP contribution in [0.25, 0.3) is 0 Å². The van der Waals surface area contributed by atoms with Gasteiger partial charge in [0.15, 0.2) is 5.76 Å². The molecule has 0 bridgehead atoms. The molecule has 8 heteroatoms. The minimum absolute atomic E-state index is 0.0490. The lowest BCUT2D eigenvalue weighted by molar-refractivity contribution is 0.102. The van der Waals surface area contributed by atoms with Gasteiger partial charge in [0.05, 0.1) is 0 Å². The van der Waals surface area contributed by atoms with E-state index in [2.05, 4.69) is 15.2 Å². The quantitative estimate of drug-likeness (QED) is 0.660. The van der Waals surface area contributed by atoms with Crippen LogP contribution in [0.4, 0.5) is 5.69 Å². The predicted octanol–water partition coefficient (Wildman–Crippen LogP) is 3.58. The Labute approximate surface area is 163 Å². The largest absolute Gasteiger partial charge is 0.360 e. The van der Waals surface area contributed by atoms with Crippen LogP contribution in [-0.4, -0.2) is 19.5 Å². The third kappa shape index (κ3) is 4.29. The molecule has 3 aromatic rings. The summed E-state index contributed by atoms with van der Waals surface area (Å²) in [5.74, 6) is 0.00257. The van der Waals surface area contributed by atoms with E-state index in [4.69, 9.17) is 4.52 Å². The fraction of sp³-hybridized carbons (Fsp3) is 0.200. The fourth-order valence-electron chi connectivity index (χ4n) is 2.90. The van der Waals surface area contributed by atoms with E-state index in [1.165, 1.54) is 0 Å². The van der Waals surface area contributed by atoms with Gasteiger partial charge in [-0.1, -0.05) is 35.5 Å². The van der Waals surface area contributed by atoms with Gasteiger partial charge in [0, 0.05) is 17.3 Å². The first-order valence-corrected chi connectivity index (χ1v) is 10.2. The predicted molar refractivity (Wildman–Crippen MR) is 106 cm³/mol. The molecule has 1 unspecified atom stereocenters. The third-order valence-corrected chi connectivity index (χ3v) is 6.03. The van der Waals surface area contributed by atoms with Gasteiger partial charge in [0.2, 0.25) is 10.0 Å². The second-order valence-corrected chi connectivity index (χ2v) is 8.09. The van der Waals surface area contributed by atoms with E-state index < -0.39 is 16.1 Å². The molecule has 0 saturated carbocycles. The van der Waals surface area contributed by atoms with Crippen molar-refractivity contribution in [1.29, 1.82) is 0 Å². The minimum atomic E-state index is -3.80. The molecular formula is C20H21N3O4S. The Morgan fingerprint density at radius 2 is 1.79 bits per heavy atom. The first kappa shape index (κ1) is 19.8. The molecule has 2 N–H and O–H groups in total. The van der Waals surface area contributed by atoms with Crippen molar-refractivity contribution in [2.45, 2.75) is 31.7 Å². The molecule has 1 amide bonds. The Morgan fingerprint density at radius 3 is 2.43 bits per heavy atom. The summed E-state index contributed by atoms with van der Waals surface area (Å²) in [5, 5.41) is 6.52. The number of anilines is 1. The molecule has 7 nitrogen and oxygen atoms in total. The van der Waals surface area contributed by atoms with Crippen molar-refractivity contribution in [1.82, 2.24) is 9.88 Å². The average Bonchev–Trinajstić information content (AvgIpc) is 3.01. The summed E-state index contributed by atoms with van der Waals surface area (Å²) < 4.78 is 33.0. The van der Waals surface area contributed by atoms with Crippen molar-refractivity contribution in [2.75, 3.05) is 5.32 Å². The molecule has 146 valence electrons. The maximum atomic E-state index is 12.7. The third-order valence-electron chi connectivity index (χ3n) is 4.25. The summed E-state index contributed by atoms with van der Waals surface area (Å²) in [6.07, 6.45) is 0. The summed E-state index contributed by atoms with van der Waals surface area (Å²) >= 11 is 0. The van der Waals surface area contributed by atoms with Crippen LogP contribution in [0.3, 0.4) is 0 Å². The molecule has 3 rings (SSSR count). The zero-order chi connectivity index (χ0) is 20.3. The highest BCUT2D eigenvalue weighted by Crippen LogP contribution is 2.23. The number of carbonyl (C=O) groups is 1. The Balaban J connectivity index is 1.77. The van der Waals surface area contributed by atoms with E-state index in [0.717, 1.165) is 0 Å².